The molecule has 0 radical (unpaired) electrons. The fraction of sp³-hybridized carbons (Fsp3) is 0.763. The summed E-state index contributed by atoms with van der Waals surface area (Å²) >= 11 is 0. The molecule has 3 N–H and O–H groups in total. The number of nitrogens with zero attached hydrogens (tertiary/aromatic N) is 2. The third-order valence-electron chi connectivity index (χ3n) is 32.3. The molecule has 8 heteroatoms. The van der Waals surface area contributed by atoms with E-state index in [1.807, 2.05) is 0 Å². The Bertz CT molecular complexity index is 3290. The maximum absolute atomic E-state index is 17.3. The number of aryl methyl sites for hydroxylation is 1. The van der Waals surface area contributed by atoms with Gasteiger partial charge in [-0.15, -0.1) is 0 Å². The quantitative estimate of drug-likeness (QED) is 0.222. The largest absolute Gasteiger partial charge is 0.509 e. The van der Waals surface area contributed by atoms with Crippen LogP contribution in [-0.4, -0.2) is 65.1 Å². The minimum atomic E-state index is -1.16. The lowest BCUT2D eigenvalue weighted by Gasteiger charge is -2.74. The molecule has 22 aliphatic rings. The maximum Gasteiger partial charge on any atom is 0.339 e. The van der Waals surface area contributed by atoms with Crippen LogP contribution in [0.1, 0.15) is 234 Å². The first-order valence-corrected chi connectivity index (χ1v) is 36.0. The summed E-state index contributed by atoms with van der Waals surface area (Å²) in [6.45, 7) is 6.55. The monoisotopic (exact) mass is 1130 g/mol. The number of benzene rings is 1. The Hall–Kier alpha value is -3.62. The van der Waals surface area contributed by atoms with Gasteiger partial charge in [0.25, 0.3) is 0 Å². The van der Waals surface area contributed by atoms with E-state index < -0.39 is 16.4 Å². The number of rotatable bonds is 5. The number of esters is 2. The van der Waals surface area contributed by atoms with Crippen molar-refractivity contribution in [3.8, 4) is 0 Å². The van der Waals surface area contributed by atoms with Crippen LogP contribution in [0.25, 0.3) is 0 Å². The number of nitrogens with two attached hydrogens (primary N) is 1. The molecule has 23 rings (SSSR count). The molecule has 1 aromatic carbocycles. The van der Waals surface area contributed by atoms with Crippen LogP contribution in [-0.2, 0) is 26.3 Å². The minimum absolute atomic E-state index is 0.0794. The van der Waals surface area contributed by atoms with E-state index in [2.05, 4.69) is 53.2 Å². The number of aliphatic hydroxyl groups excluding tert-OH is 1. The van der Waals surface area contributed by atoms with Crippen molar-refractivity contribution in [1.29, 1.82) is 0 Å². The van der Waals surface area contributed by atoms with Gasteiger partial charge in [0, 0.05) is 72.6 Å². The number of fused-ring (bicyclic) bond motifs is 4. The maximum atomic E-state index is 17.3. The van der Waals surface area contributed by atoms with Crippen molar-refractivity contribution in [2.24, 2.45) is 102 Å². The topological polar surface area (TPSA) is 105 Å². The van der Waals surface area contributed by atoms with Crippen molar-refractivity contribution >= 4 is 11.9 Å². The molecule has 9 aliphatic heterocycles. The highest BCUT2D eigenvalue weighted by Gasteiger charge is 2.94. The van der Waals surface area contributed by atoms with E-state index in [-0.39, 0.29) is 46.6 Å². The normalized spacial score (nSPS) is 50.2. The van der Waals surface area contributed by atoms with Gasteiger partial charge in [0.1, 0.15) is 11.2 Å². The average molecular weight is 1130 g/mol. The molecule has 16 bridgehead atoms. The summed E-state index contributed by atoms with van der Waals surface area (Å²) in [5.74, 6) is 3.87. The lowest BCUT2D eigenvalue weighted by molar-refractivity contribution is -0.284. The Kier molecular flexibility index (Phi) is 10.3. The first kappa shape index (κ1) is 51.3. The van der Waals surface area contributed by atoms with Crippen LogP contribution in [0, 0.1) is 96.6 Å². The Morgan fingerprint density at radius 2 is 1.65 bits per heavy atom. The van der Waals surface area contributed by atoms with Crippen LogP contribution in [0.2, 0.25) is 0 Å². The molecule has 0 amide bonds. The number of hydrogen-bond acceptors (Lipinski definition) is 8. The molecule has 11 fully saturated rings. The van der Waals surface area contributed by atoms with Crippen molar-refractivity contribution in [3.05, 3.63) is 92.6 Å². The molecule has 0 aromatic heterocycles. The van der Waals surface area contributed by atoms with Gasteiger partial charge >= 0.3 is 11.9 Å². The Labute approximate surface area is 501 Å². The third kappa shape index (κ3) is 5.64. The van der Waals surface area contributed by atoms with Gasteiger partial charge in [-0.05, 0) is 241 Å². The Balaban J connectivity index is 0.859. The number of ether oxygens (including phenoxy) is 2. The zero-order valence-electron chi connectivity index (χ0n) is 51.0. The van der Waals surface area contributed by atoms with Crippen LogP contribution in [0.3, 0.4) is 0 Å². The van der Waals surface area contributed by atoms with Crippen molar-refractivity contribution < 1.29 is 24.2 Å². The zero-order chi connectivity index (χ0) is 55.8. The van der Waals surface area contributed by atoms with Crippen molar-refractivity contribution in [3.63, 3.8) is 0 Å². The number of aliphatic hydroxyl groups is 1. The van der Waals surface area contributed by atoms with Crippen LogP contribution >= 0.6 is 0 Å². The summed E-state index contributed by atoms with van der Waals surface area (Å²) in [5, 5.41) is 14.5. The van der Waals surface area contributed by atoms with E-state index in [0.29, 0.717) is 101 Å². The van der Waals surface area contributed by atoms with Crippen LogP contribution in [0.15, 0.2) is 75.9 Å². The SMILES string of the molecule is CC1CC2=C3C4C5=C6C7CC14CCC7=CC(C1CCCC4(CCCC4)C1)CC1C64C(=O)OC(=C(O)CC(C67C=CC8CCCC89CCCC9(C6)C6(CCCC6)C7)N6CC7CC(C6)C(CC2)N3C7)C4(CC5)C12OC(=O)c1c(CCCN)cccc12. The molecule has 8 nitrogen and oxygen atoms in total. The second kappa shape index (κ2) is 16.8. The third-order valence-corrected chi connectivity index (χ3v) is 32.3. The van der Waals surface area contributed by atoms with E-state index in [9.17, 15) is 5.11 Å². The molecule has 13 aliphatic carbocycles. The summed E-state index contributed by atoms with van der Waals surface area (Å²) < 4.78 is 15.3. The van der Waals surface area contributed by atoms with E-state index in [0.717, 1.165) is 68.4 Å². The van der Waals surface area contributed by atoms with Gasteiger partial charge in [-0.2, -0.15) is 0 Å². The van der Waals surface area contributed by atoms with Gasteiger partial charge < -0.3 is 25.2 Å². The molecular formula is C76H97N3O5. The molecule has 9 heterocycles. The van der Waals surface area contributed by atoms with Crippen LogP contribution in [0.4, 0.5) is 0 Å². The van der Waals surface area contributed by atoms with Crippen molar-refractivity contribution in [2.45, 2.75) is 236 Å². The fourth-order valence-corrected chi connectivity index (χ4v) is 30.2. The summed E-state index contributed by atoms with van der Waals surface area (Å²) in [7, 11) is 0. The van der Waals surface area contributed by atoms with E-state index in [1.54, 1.807) is 22.4 Å². The van der Waals surface area contributed by atoms with Gasteiger partial charge in [-0.1, -0.05) is 105 Å². The number of hydrogen-bond donors (Lipinski definition) is 2. The highest BCUT2D eigenvalue weighted by atomic mass is 16.6. The second-order valence-electron chi connectivity index (χ2n) is 34.3. The van der Waals surface area contributed by atoms with Crippen molar-refractivity contribution in [2.75, 3.05) is 26.2 Å². The predicted octanol–water partition coefficient (Wildman–Crippen LogP) is 15.4. The molecule has 19 atom stereocenters. The highest BCUT2D eigenvalue weighted by molar-refractivity contribution is 6.00. The summed E-state index contributed by atoms with van der Waals surface area (Å²) in [6.07, 6.45) is 48.3. The van der Waals surface area contributed by atoms with Gasteiger partial charge in [0.05, 0.1) is 11.0 Å². The Morgan fingerprint density at radius 3 is 2.54 bits per heavy atom. The number of carbonyl (C=O) groups excluding carboxylic acids is 2. The number of piperidine rings is 2. The lowest BCUT2D eigenvalue weighted by atomic mass is 9.26. The zero-order valence-corrected chi connectivity index (χ0v) is 51.0. The molecule has 446 valence electrons. The van der Waals surface area contributed by atoms with Gasteiger partial charge in [0.15, 0.2) is 11.4 Å². The summed E-state index contributed by atoms with van der Waals surface area (Å²) in [4.78, 5) is 39.2. The molecule has 84 heavy (non-hydrogen) atoms. The average Bonchev–Trinajstić information content (AvgIpc) is 1.36. The first-order chi connectivity index (χ1) is 40.9. The molecular weight excluding hydrogens is 1030 g/mol. The molecule has 19 unspecified atom stereocenters. The van der Waals surface area contributed by atoms with E-state index in [4.69, 9.17) is 15.2 Å². The van der Waals surface area contributed by atoms with Gasteiger partial charge in [-0.3, -0.25) is 9.69 Å². The predicted molar refractivity (Wildman–Crippen MR) is 323 cm³/mol. The second-order valence-corrected chi connectivity index (χ2v) is 34.3. The van der Waals surface area contributed by atoms with Crippen LogP contribution < -0.4 is 5.73 Å². The van der Waals surface area contributed by atoms with E-state index >= 15 is 9.59 Å². The fourth-order valence-electron chi connectivity index (χ4n) is 30.2. The molecule has 8 spiro atoms. The van der Waals surface area contributed by atoms with Gasteiger partial charge in [-0.25, -0.2) is 4.79 Å². The minimum Gasteiger partial charge on any atom is -0.509 e. The highest BCUT2D eigenvalue weighted by Crippen LogP contribution is 2.90. The summed E-state index contributed by atoms with van der Waals surface area (Å²) in [5.41, 5.74) is 15.4. The molecule has 1 aromatic rings. The van der Waals surface area contributed by atoms with E-state index in [1.165, 1.54) is 166 Å². The summed E-state index contributed by atoms with van der Waals surface area (Å²) in [6, 6.07) is 7.23. The Morgan fingerprint density at radius 1 is 0.810 bits per heavy atom. The van der Waals surface area contributed by atoms with Crippen LogP contribution in [0.5, 0.6) is 0 Å². The first-order valence-electron chi connectivity index (χ1n) is 36.0. The van der Waals surface area contributed by atoms with Crippen molar-refractivity contribution in [1.82, 2.24) is 9.80 Å². The number of allylic oxidation sites excluding steroid dienone is 5. The standard InChI is InChI=1S/C76H97N3O5/c1-45-33-49-16-17-57-52-34-46-40-78(42-52)60(69-29-19-53-14-8-26-72(53)27-10-28-73(72,44-69)70(43-69)24-4-5-25-70)37-58(80)65-74-31-20-54-62-55-39-71(45,63(54)64(49)79(57)41-46)30-18-48(55)35-51(50-12-7-23-68(38-50)21-2-3-22-68)36-59(75(62,74)67(82)83-65)76(74)56-15-6-11-47(13-9-32-77)61(56)66(81)84-76/h6,11,15,19,29,35,45-46,50-53,55,57,59-60,63,80H,2-5,7-10,12-14,16-18,20-28,30-34,36-44,77H2,1H3. The smallest absolute Gasteiger partial charge is 0.339 e. The molecule has 3 saturated heterocycles. The van der Waals surface area contributed by atoms with Gasteiger partial charge in [0.2, 0.25) is 0 Å². The molecule has 8 saturated carbocycles. The number of carbonyl (C=O) groups is 2. The lowest BCUT2D eigenvalue weighted by Crippen LogP contribution is -2.78.